The molecule has 0 heterocycles. The van der Waals surface area contributed by atoms with E-state index >= 15 is 0 Å². The first kappa shape index (κ1) is 13.2. The number of hydrogen-bond acceptors (Lipinski definition) is 1. The molecule has 0 radical (unpaired) electrons. The van der Waals surface area contributed by atoms with Crippen molar-refractivity contribution in [2.45, 2.75) is 52.6 Å². The second-order valence-corrected chi connectivity index (χ2v) is 5.07. The minimum atomic E-state index is -0.298. The summed E-state index contributed by atoms with van der Waals surface area (Å²) in [5.41, 5.74) is 3.74. The van der Waals surface area contributed by atoms with Crippen molar-refractivity contribution in [3.63, 3.8) is 0 Å². The van der Waals surface area contributed by atoms with Gasteiger partial charge in [-0.3, -0.25) is 0 Å². The Hall–Kier alpha value is -0.820. The highest BCUT2D eigenvalue weighted by atomic mass is 16.3. The average molecular weight is 220 g/mol. The van der Waals surface area contributed by atoms with Crippen molar-refractivity contribution in [3.05, 3.63) is 35.5 Å². The summed E-state index contributed by atoms with van der Waals surface area (Å²) in [5, 5.41) is 10.1. The average Bonchev–Trinajstić information content (AvgIpc) is 2.22. The fraction of sp³-hybridized carbons (Fsp3) is 0.600. The molecule has 0 aromatic heterocycles. The number of allylic oxidation sites excluding steroid dienone is 4. The standard InChI is InChI=1S/C15H24O/c1-11(2)14-9-8-12(3)6-5-7-13(4)15(16)10-14/h7-8,14-16H,1,5-6,9-10H2,2-4H3. The van der Waals surface area contributed by atoms with Crippen LogP contribution in [0, 0.1) is 5.92 Å². The highest BCUT2D eigenvalue weighted by Crippen LogP contribution is 2.25. The van der Waals surface area contributed by atoms with E-state index in [1.807, 2.05) is 6.92 Å². The Labute approximate surface area is 99.6 Å². The maximum absolute atomic E-state index is 10.1. The summed E-state index contributed by atoms with van der Waals surface area (Å²) in [6.45, 7) is 10.3. The molecule has 0 saturated heterocycles. The molecule has 1 N–H and O–H groups in total. The Morgan fingerprint density at radius 3 is 2.69 bits per heavy atom. The molecule has 0 aromatic rings. The van der Waals surface area contributed by atoms with Crippen LogP contribution in [0.5, 0.6) is 0 Å². The molecule has 0 spiro atoms. The van der Waals surface area contributed by atoms with Crippen molar-refractivity contribution in [2.75, 3.05) is 0 Å². The molecule has 2 unspecified atom stereocenters. The van der Waals surface area contributed by atoms with Gasteiger partial charge in [-0.2, -0.15) is 0 Å². The van der Waals surface area contributed by atoms with Crippen LogP contribution in [0.4, 0.5) is 0 Å². The zero-order valence-electron chi connectivity index (χ0n) is 10.8. The summed E-state index contributed by atoms with van der Waals surface area (Å²) >= 11 is 0. The molecule has 2 atom stereocenters. The fourth-order valence-electron chi connectivity index (χ4n) is 2.06. The first-order chi connectivity index (χ1) is 7.50. The predicted octanol–water partition coefficient (Wildman–Crippen LogP) is 4.01. The van der Waals surface area contributed by atoms with Crippen molar-refractivity contribution in [2.24, 2.45) is 5.92 Å². The Kier molecular flexibility index (Phi) is 5.01. The third-order valence-corrected chi connectivity index (χ3v) is 3.49. The van der Waals surface area contributed by atoms with Gasteiger partial charge in [-0.15, -0.1) is 0 Å². The van der Waals surface area contributed by atoms with Gasteiger partial charge in [-0.1, -0.05) is 29.9 Å². The molecule has 0 saturated carbocycles. The molecular formula is C15H24O. The lowest BCUT2D eigenvalue weighted by Gasteiger charge is -2.21. The fourth-order valence-corrected chi connectivity index (χ4v) is 2.06. The molecule has 1 heteroatoms. The Bertz CT molecular complexity index is 309. The van der Waals surface area contributed by atoms with E-state index in [2.05, 4.69) is 32.6 Å². The Morgan fingerprint density at radius 1 is 1.38 bits per heavy atom. The van der Waals surface area contributed by atoms with Crippen LogP contribution in [0.3, 0.4) is 0 Å². The Balaban J connectivity index is 2.82. The van der Waals surface area contributed by atoms with Crippen molar-refractivity contribution in [1.29, 1.82) is 0 Å². The quantitative estimate of drug-likeness (QED) is 0.662. The van der Waals surface area contributed by atoms with Crippen LogP contribution in [0.15, 0.2) is 35.5 Å². The van der Waals surface area contributed by atoms with E-state index in [9.17, 15) is 5.11 Å². The van der Waals surface area contributed by atoms with E-state index in [1.54, 1.807) is 0 Å². The minimum absolute atomic E-state index is 0.298. The monoisotopic (exact) mass is 220 g/mol. The molecule has 0 aliphatic heterocycles. The zero-order chi connectivity index (χ0) is 12.1. The van der Waals surface area contributed by atoms with E-state index in [0.29, 0.717) is 5.92 Å². The summed E-state index contributed by atoms with van der Waals surface area (Å²) in [6.07, 6.45) is 8.15. The van der Waals surface area contributed by atoms with Gasteiger partial charge in [-0.05, 0) is 57.9 Å². The second-order valence-electron chi connectivity index (χ2n) is 5.07. The summed E-state index contributed by atoms with van der Waals surface area (Å²) in [4.78, 5) is 0. The van der Waals surface area contributed by atoms with Gasteiger partial charge in [0.05, 0.1) is 6.10 Å². The highest BCUT2D eigenvalue weighted by molar-refractivity contribution is 5.12. The summed E-state index contributed by atoms with van der Waals surface area (Å²) in [6, 6.07) is 0. The Morgan fingerprint density at radius 2 is 2.06 bits per heavy atom. The molecule has 90 valence electrons. The molecule has 0 aromatic carbocycles. The number of aliphatic hydroxyl groups is 1. The molecule has 0 fully saturated rings. The maximum Gasteiger partial charge on any atom is 0.0753 e. The molecule has 1 rings (SSSR count). The van der Waals surface area contributed by atoms with Crippen LogP contribution >= 0.6 is 0 Å². The molecule has 0 bridgehead atoms. The van der Waals surface area contributed by atoms with E-state index in [0.717, 1.165) is 31.3 Å². The van der Waals surface area contributed by atoms with E-state index in [-0.39, 0.29) is 6.10 Å². The highest BCUT2D eigenvalue weighted by Gasteiger charge is 2.16. The SMILES string of the molecule is C=C(C)C1CC=C(C)CCC=C(C)C(O)C1. The van der Waals surface area contributed by atoms with Crippen molar-refractivity contribution in [3.8, 4) is 0 Å². The van der Waals surface area contributed by atoms with Gasteiger partial charge in [-0.25, -0.2) is 0 Å². The lowest BCUT2D eigenvalue weighted by Crippen LogP contribution is -2.16. The topological polar surface area (TPSA) is 20.2 Å². The van der Waals surface area contributed by atoms with E-state index in [1.165, 1.54) is 11.1 Å². The third kappa shape index (κ3) is 3.97. The van der Waals surface area contributed by atoms with Crippen LogP contribution in [0.1, 0.15) is 46.5 Å². The molecule has 16 heavy (non-hydrogen) atoms. The van der Waals surface area contributed by atoms with Crippen LogP contribution < -0.4 is 0 Å². The lowest BCUT2D eigenvalue weighted by atomic mass is 9.87. The summed E-state index contributed by atoms with van der Waals surface area (Å²) in [5.74, 6) is 0.409. The smallest absolute Gasteiger partial charge is 0.0753 e. The van der Waals surface area contributed by atoms with Gasteiger partial charge in [0.15, 0.2) is 0 Å². The summed E-state index contributed by atoms with van der Waals surface area (Å²) < 4.78 is 0. The van der Waals surface area contributed by atoms with E-state index in [4.69, 9.17) is 0 Å². The molecule has 1 aliphatic carbocycles. The molecule has 0 amide bonds. The maximum atomic E-state index is 10.1. The van der Waals surface area contributed by atoms with Crippen molar-refractivity contribution >= 4 is 0 Å². The van der Waals surface area contributed by atoms with Gasteiger partial charge in [0, 0.05) is 0 Å². The normalized spacial score (nSPS) is 28.0. The zero-order valence-corrected chi connectivity index (χ0v) is 10.8. The number of hydrogen-bond donors (Lipinski definition) is 1. The number of rotatable bonds is 1. The molecular weight excluding hydrogens is 196 g/mol. The second kappa shape index (κ2) is 6.05. The van der Waals surface area contributed by atoms with Gasteiger partial charge in [0.2, 0.25) is 0 Å². The van der Waals surface area contributed by atoms with Crippen LogP contribution in [-0.2, 0) is 0 Å². The van der Waals surface area contributed by atoms with Crippen LogP contribution in [-0.4, -0.2) is 11.2 Å². The van der Waals surface area contributed by atoms with E-state index < -0.39 is 0 Å². The lowest BCUT2D eigenvalue weighted by molar-refractivity contribution is 0.182. The van der Waals surface area contributed by atoms with Gasteiger partial charge >= 0.3 is 0 Å². The van der Waals surface area contributed by atoms with Crippen molar-refractivity contribution < 1.29 is 5.11 Å². The van der Waals surface area contributed by atoms with Gasteiger partial charge in [0.25, 0.3) is 0 Å². The predicted molar refractivity (Wildman–Crippen MR) is 70.3 cm³/mol. The van der Waals surface area contributed by atoms with Gasteiger partial charge in [0.1, 0.15) is 0 Å². The third-order valence-electron chi connectivity index (χ3n) is 3.49. The van der Waals surface area contributed by atoms with Crippen LogP contribution in [0.25, 0.3) is 0 Å². The van der Waals surface area contributed by atoms with Crippen molar-refractivity contribution in [1.82, 2.24) is 0 Å². The van der Waals surface area contributed by atoms with Crippen LogP contribution in [0.2, 0.25) is 0 Å². The first-order valence-electron chi connectivity index (χ1n) is 6.16. The molecule has 1 nitrogen and oxygen atoms in total. The molecule has 1 aliphatic rings. The minimum Gasteiger partial charge on any atom is -0.389 e. The largest absolute Gasteiger partial charge is 0.389 e. The number of aliphatic hydroxyl groups excluding tert-OH is 1. The van der Waals surface area contributed by atoms with Gasteiger partial charge < -0.3 is 5.11 Å². The first-order valence-corrected chi connectivity index (χ1v) is 6.16. The summed E-state index contributed by atoms with van der Waals surface area (Å²) in [7, 11) is 0.